The summed E-state index contributed by atoms with van der Waals surface area (Å²) in [6.07, 6.45) is 7.81. The number of carbonyl (C=O) groups is 1. The van der Waals surface area contributed by atoms with Gasteiger partial charge in [-0.25, -0.2) is 9.36 Å². The maximum Gasteiger partial charge on any atom is 0.415 e. The van der Waals surface area contributed by atoms with E-state index in [2.05, 4.69) is 13.8 Å². The maximum absolute atomic E-state index is 12.2. The molecule has 0 aliphatic carbocycles. The predicted molar refractivity (Wildman–Crippen MR) is 61.0 cm³/mol. The summed E-state index contributed by atoms with van der Waals surface area (Å²) in [5.41, 5.74) is 0.253. The van der Waals surface area contributed by atoms with Gasteiger partial charge in [-0.3, -0.25) is 0 Å². The first kappa shape index (κ1) is 14.5. The molecule has 1 aliphatic rings. The van der Waals surface area contributed by atoms with Crippen LogP contribution in [-0.4, -0.2) is 28.6 Å². The summed E-state index contributed by atoms with van der Waals surface area (Å²) in [4.78, 5) is 14.1. The predicted octanol–water partition coefficient (Wildman–Crippen LogP) is -1.59. The molecule has 0 spiro atoms. The topological polar surface area (TPSA) is 29.1 Å². The Kier molecular flexibility index (Phi) is 4.57. The summed E-state index contributed by atoms with van der Waals surface area (Å²) in [7, 11) is 1.92. The van der Waals surface area contributed by atoms with Gasteiger partial charge in [0.25, 0.3) is 6.33 Å². The summed E-state index contributed by atoms with van der Waals surface area (Å²) < 4.78 is 3.54. The second-order valence-corrected chi connectivity index (χ2v) is 5.46. The number of likely N-dealkylation sites (tertiary alicyclic amines) is 1. The highest BCUT2D eigenvalue weighted by Crippen LogP contribution is 2.28. The summed E-state index contributed by atoms with van der Waals surface area (Å²) in [6.45, 7) is 6.18. The van der Waals surface area contributed by atoms with Crippen LogP contribution in [0.2, 0.25) is 0 Å². The number of nitrogens with zero attached hydrogens (tertiary/aromatic N) is 3. The number of aryl methyl sites for hydroxylation is 1. The van der Waals surface area contributed by atoms with Crippen LogP contribution < -0.4 is 28.5 Å². The van der Waals surface area contributed by atoms with Crippen LogP contribution in [-0.2, 0) is 7.05 Å². The third-order valence-corrected chi connectivity index (χ3v) is 3.16. The van der Waals surface area contributed by atoms with Gasteiger partial charge in [-0.05, 0) is 18.3 Å². The second-order valence-electron chi connectivity index (χ2n) is 5.46. The Morgan fingerprint density at radius 2 is 2.12 bits per heavy atom. The van der Waals surface area contributed by atoms with Crippen molar-refractivity contribution >= 4 is 6.03 Å². The van der Waals surface area contributed by atoms with Gasteiger partial charge < -0.3 is 28.9 Å². The third-order valence-electron chi connectivity index (χ3n) is 3.16. The molecule has 96 valence electrons. The lowest BCUT2D eigenvalue weighted by atomic mass is 9.84. The van der Waals surface area contributed by atoms with E-state index in [1.807, 2.05) is 35.2 Å². The van der Waals surface area contributed by atoms with Gasteiger partial charge >= 0.3 is 6.03 Å². The molecular weight excluding hydrogens is 329 g/mol. The number of aromatic nitrogens is 2. The Labute approximate surface area is 120 Å². The van der Waals surface area contributed by atoms with Crippen LogP contribution in [0.5, 0.6) is 0 Å². The van der Waals surface area contributed by atoms with Crippen molar-refractivity contribution in [1.82, 2.24) is 9.47 Å². The number of piperidine rings is 1. The molecule has 0 radical (unpaired) electrons. The smallest absolute Gasteiger partial charge is 0.415 e. The molecule has 1 saturated heterocycles. The van der Waals surface area contributed by atoms with Gasteiger partial charge in [-0.1, -0.05) is 13.8 Å². The molecule has 1 aromatic heterocycles. The highest BCUT2D eigenvalue weighted by molar-refractivity contribution is 5.76. The van der Waals surface area contributed by atoms with Crippen molar-refractivity contribution < 1.29 is 33.3 Å². The SMILES string of the molecule is C[n+]1ccn(C(=O)N2CCCC(C)(C)C2)c1.[I-]. The van der Waals surface area contributed by atoms with Crippen LogP contribution >= 0.6 is 0 Å². The van der Waals surface area contributed by atoms with Crippen LogP contribution in [0.4, 0.5) is 4.79 Å². The minimum Gasteiger partial charge on any atom is -1.00 e. The fourth-order valence-electron chi connectivity index (χ4n) is 2.31. The van der Waals surface area contributed by atoms with Crippen molar-refractivity contribution in [3.63, 3.8) is 0 Å². The largest absolute Gasteiger partial charge is 1.00 e. The molecule has 17 heavy (non-hydrogen) atoms. The van der Waals surface area contributed by atoms with Crippen molar-refractivity contribution in [2.24, 2.45) is 12.5 Å². The van der Waals surface area contributed by atoms with Crippen molar-refractivity contribution in [3.8, 4) is 0 Å². The normalized spacial score (nSPS) is 18.6. The second kappa shape index (κ2) is 5.37. The first-order valence-electron chi connectivity index (χ1n) is 5.80. The molecule has 0 bridgehead atoms. The van der Waals surface area contributed by atoms with Crippen molar-refractivity contribution in [2.45, 2.75) is 26.7 Å². The number of amides is 1. The Hall–Kier alpha value is -0.590. The van der Waals surface area contributed by atoms with E-state index in [1.165, 1.54) is 6.42 Å². The Morgan fingerprint density at radius 1 is 1.41 bits per heavy atom. The third kappa shape index (κ3) is 3.43. The Morgan fingerprint density at radius 3 is 2.65 bits per heavy atom. The molecule has 1 aromatic rings. The summed E-state index contributed by atoms with van der Waals surface area (Å²) in [5, 5.41) is 0. The standard InChI is InChI=1S/C12H20N3O.HI/c1-12(2)5-4-6-14(9-12)11(16)15-8-7-13(3)10-15;/h7-8,10H,4-6,9H2,1-3H3;1H/q+1;/p-1. The van der Waals surface area contributed by atoms with Crippen molar-refractivity contribution in [3.05, 3.63) is 18.7 Å². The van der Waals surface area contributed by atoms with E-state index >= 15 is 0 Å². The molecule has 0 aromatic carbocycles. The van der Waals surface area contributed by atoms with Crippen LogP contribution in [0.15, 0.2) is 18.7 Å². The number of hydrogen-bond donors (Lipinski definition) is 0. The fraction of sp³-hybridized carbons (Fsp3) is 0.667. The van der Waals surface area contributed by atoms with Gasteiger partial charge in [0.2, 0.25) is 0 Å². The number of halogens is 1. The van der Waals surface area contributed by atoms with E-state index in [0.29, 0.717) is 0 Å². The van der Waals surface area contributed by atoms with E-state index in [-0.39, 0.29) is 35.4 Å². The highest BCUT2D eigenvalue weighted by atomic mass is 127. The van der Waals surface area contributed by atoms with Gasteiger partial charge in [0.05, 0.1) is 7.05 Å². The zero-order chi connectivity index (χ0) is 11.8. The molecule has 1 amide bonds. The molecule has 0 atom stereocenters. The quantitative estimate of drug-likeness (QED) is 0.410. The van der Waals surface area contributed by atoms with Gasteiger partial charge in [-0.2, -0.15) is 4.57 Å². The summed E-state index contributed by atoms with van der Waals surface area (Å²) in [5.74, 6) is 0. The number of imidazole rings is 1. The Bertz CT molecular complexity index is 400. The van der Waals surface area contributed by atoms with Gasteiger partial charge in [0.15, 0.2) is 0 Å². The summed E-state index contributed by atoms with van der Waals surface area (Å²) in [6, 6.07) is 0.0911. The van der Waals surface area contributed by atoms with Gasteiger partial charge in [0.1, 0.15) is 12.4 Å². The van der Waals surface area contributed by atoms with Crippen molar-refractivity contribution in [1.29, 1.82) is 0 Å². The van der Waals surface area contributed by atoms with E-state index in [9.17, 15) is 4.79 Å². The van der Waals surface area contributed by atoms with Crippen LogP contribution in [0, 0.1) is 5.41 Å². The zero-order valence-electron chi connectivity index (χ0n) is 10.7. The molecule has 4 nitrogen and oxygen atoms in total. The summed E-state index contributed by atoms with van der Waals surface area (Å²) >= 11 is 0. The molecule has 0 saturated carbocycles. The lowest BCUT2D eigenvalue weighted by molar-refractivity contribution is -0.670. The maximum atomic E-state index is 12.2. The van der Waals surface area contributed by atoms with E-state index in [4.69, 9.17) is 0 Å². The molecule has 0 N–H and O–H groups in total. The average Bonchev–Trinajstić information content (AvgIpc) is 2.62. The zero-order valence-corrected chi connectivity index (χ0v) is 12.8. The lowest BCUT2D eigenvalue weighted by Crippen LogP contribution is -3.00. The molecule has 1 aliphatic heterocycles. The molecular formula is C12H20IN3O. The monoisotopic (exact) mass is 349 g/mol. The number of carbonyl (C=O) groups excluding carboxylic acids is 1. The minimum absolute atomic E-state index is 0. The van der Waals surface area contributed by atoms with Crippen LogP contribution in [0.1, 0.15) is 26.7 Å². The first-order chi connectivity index (χ1) is 7.48. The van der Waals surface area contributed by atoms with Crippen molar-refractivity contribution in [2.75, 3.05) is 13.1 Å². The Balaban J connectivity index is 0.00000144. The molecule has 2 heterocycles. The average molecular weight is 349 g/mol. The van der Waals surface area contributed by atoms with Crippen LogP contribution in [0.3, 0.4) is 0 Å². The molecule has 1 fully saturated rings. The first-order valence-corrected chi connectivity index (χ1v) is 5.80. The molecule has 2 rings (SSSR count). The number of rotatable bonds is 0. The van der Waals surface area contributed by atoms with E-state index in [1.54, 1.807) is 4.57 Å². The minimum atomic E-state index is 0. The molecule has 5 heteroatoms. The van der Waals surface area contributed by atoms with Crippen LogP contribution in [0.25, 0.3) is 0 Å². The lowest BCUT2D eigenvalue weighted by Gasteiger charge is -2.36. The van der Waals surface area contributed by atoms with Gasteiger partial charge in [-0.15, -0.1) is 0 Å². The molecule has 0 unspecified atom stereocenters. The fourth-order valence-corrected chi connectivity index (χ4v) is 2.31. The number of hydrogen-bond acceptors (Lipinski definition) is 1. The van der Waals surface area contributed by atoms with Gasteiger partial charge in [0, 0.05) is 13.1 Å². The van der Waals surface area contributed by atoms with E-state index < -0.39 is 0 Å². The van der Waals surface area contributed by atoms with E-state index in [0.717, 1.165) is 19.5 Å². The highest BCUT2D eigenvalue weighted by Gasteiger charge is 2.31.